The zero-order chi connectivity index (χ0) is 16.4. The van der Waals surface area contributed by atoms with Crippen molar-refractivity contribution in [1.29, 1.82) is 0 Å². The van der Waals surface area contributed by atoms with Crippen molar-refractivity contribution in [1.82, 2.24) is 19.9 Å². The van der Waals surface area contributed by atoms with Gasteiger partial charge in [-0.2, -0.15) is 0 Å². The average Bonchev–Trinajstić information content (AvgIpc) is 3.06. The highest BCUT2D eigenvalue weighted by Gasteiger charge is 2.13. The molecule has 124 valence electrons. The normalized spacial score (nSPS) is 15.5. The lowest BCUT2D eigenvalue weighted by molar-refractivity contribution is 0.415. The van der Waals surface area contributed by atoms with Crippen LogP contribution in [0.25, 0.3) is 16.9 Å². The quantitative estimate of drug-likeness (QED) is 0.773. The van der Waals surface area contributed by atoms with Crippen molar-refractivity contribution in [2.45, 2.75) is 18.9 Å². The van der Waals surface area contributed by atoms with E-state index in [1.54, 1.807) is 13.4 Å². The maximum atomic E-state index is 5.33. The molecule has 24 heavy (non-hydrogen) atoms. The van der Waals surface area contributed by atoms with Gasteiger partial charge in [0.2, 0.25) is 0 Å². The summed E-state index contributed by atoms with van der Waals surface area (Å²) >= 11 is 0. The van der Waals surface area contributed by atoms with Crippen molar-refractivity contribution >= 4 is 16.9 Å². The standard InChI is InChI=1S/C18H21N5O/c1-24-14-5-6-15-16(11-14)23(12-20-15)18-4-2-3-17(22-18)21-13-7-9-19-10-8-13/h2-6,11-13,19H,7-10H2,1H3,(H,21,22). The van der Waals surface area contributed by atoms with Crippen molar-refractivity contribution < 1.29 is 4.74 Å². The molecular weight excluding hydrogens is 302 g/mol. The Balaban J connectivity index is 1.65. The van der Waals surface area contributed by atoms with E-state index < -0.39 is 0 Å². The van der Waals surface area contributed by atoms with Crippen molar-refractivity contribution in [3.8, 4) is 11.6 Å². The van der Waals surface area contributed by atoms with E-state index in [4.69, 9.17) is 9.72 Å². The molecule has 2 N–H and O–H groups in total. The highest BCUT2D eigenvalue weighted by molar-refractivity contribution is 5.78. The second kappa shape index (κ2) is 6.49. The van der Waals surface area contributed by atoms with Crippen LogP contribution in [0.4, 0.5) is 5.82 Å². The van der Waals surface area contributed by atoms with Gasteiger partial charge < -0.3 is 15.4 Å². The maximum absolute atomic E-state index is 5.33. The van der Waals surface area contributed by atoms with E-state index in [1.807, 2.05) is 41.0 Å². The van der Waals surface area contributed by atoms with Crippen LogP contribution in [0.2, 0.25) is 0 Å². The number of aromatic nitrogens is 3. The summed E-state index contributed by atoms with van der Waals surface area (Å²) in [7, 11) is 1.67. The van der Waals surface area contributed by atoms with Gasteiger partial charge in [0.15, 0.2) is 0 Å². The van der Waals surface area contributed by atoms with Crippen molar-refractivity contribution in [3.05, 3.63) is 42.7 Å². The van der Waals surface area contributed by atoms with E-state index in [0.29, 0.717) is 6.04 Å². The van der Waals surface area contributed by atoms with Crippen LogP contribution < -0.4 is 15.4 Å². The Hall–Kier alpha value is -2.60. The molecule has 2 aromatic heterocycles. The number of pyridine rings is 1. The van der Waals surface area contributed by atoms with E-state index in [9.17, 15) is 0 Å². The van der Waals surface area contributed by atoms with E-state index in [1.165, 1.54) is 0 Å². The molecule has 0 saturated carbocycles. The molecule has 3 aromatic rings. The van der Waals surface area contributed by atoms with Gasteiger partial charge in [-0.3, -0.25) is 4.57 Å². The number of hydrogen-bond acceptors (Lipinski definition) is 5. The predicted octanol–water partition coefficient (Wildman–Crippen LogP) is 2.59. The lowest BCUT2D eigenvalue weighted by Gasteiger charge is -2.24. The number of fused-ring (bicyclic) bond motifs is 1. The van der Waals surface area contributed by atoms with Gasteiger partial charge in [-0.15, -0.1) is 0 Å². The molecule has 6 heteroatoms. The molecule has 4 rings (SSSR count). The number of nitrogens with one attached hydrogen (secondary N) is 2. The molecule has 0 amide bonds. The molecule has 1 fully saturated rings. The summed E-state index contributed by atoms with van der Waals surface area (Å²) in [5, 5.41) is 6.92. The highest BCUT2D eigenvalue weighted by atomic mass is 16.5. The van der Waals surface area contributed by atoms with Crippen molar-refractivity contribution in [3.63, 3.8) is 0 Å². The molecule has 3 heterocycles. The number of methoxy groups -OCH3 is 1. The lowest BCUT2D eigenvalue weighted by Crippen LogP contribution is -2.35. The first-order chi connectivity index (χ1) is 11.8. The fourth-order valence-corrected chi connectivity index (χ4v) is 3.11. The molecular formula is C18H21N5O. The molecule has 1 aliphatic heterocycles. The summed E-state index contributed by atoms with van der Waals surface area (Å²) in [4.78, 5) is 9.22. The molecule has 0 unspecified atom stereocenters. The molecule has 6 nitrogen and oxygen atoms in total. The fourth-order valence-electron chi connectivity index (χ4n) is 3.11. The monoisotopic (exact) mass is 323 g/mol. The second-order valence-electron chi connectivity index (χ2n) is 6.02. The molecule has 1 saturated heterocycles. The summed E-state index contributed by atoms with van der Waals surface area (Å²) in [5.74, 6) is 2.57. The summed E-state index contributed by atoms with van der Waals surface area (Å²) in [5.41, 5.74) is 1.91. The number of hydrogen-bond donors (Lipinski definition) is 2. The summed E-state index contributed by atoms with van der Waals surface area (Å²) in [6.45, 7) is 2.12. The molecule has 0 spiro atoms. The topological polar surface area (TPSA) is 64.0 Å². The zero-order valence-corrected chi connectivity index (χ0v) is 13.7. The van der Waals surface area contributed by atoms with Crippen LogP contribution in [0.3, 0.4) is 0 Å². The largest absolute Gasteiger partial charge is 0.497 e. The summed E-state index contributed by atoms with van der Waals surface area (Å²) < 4.78 is 7.32. The Morgan fingerprint density at radius 1 is 1.21 bits per heavy atom. The molecule has 0 bridgehead atoms. The SMILES string of the molecule is COc1ccc2ncn(-c3cccc(NC4CCNCC4)n3)c2c1. The van der Waals surface area contributed by atoms with Gasteiger partial charge in [0, 0.05) is 12.1 Å². The Morgan fingerprint density at radius 2 is 2.08 bits per heavy atom. The van der Waals surface area contributed by atoms with Gasteiger partial charge in [0.25, 0.3) is 0 Å². The number of anilines is 1. The number of benzene rings is 1. The molecule has 0 radical (unpaired) electrons. The van der Waals surface area contributed by atoms with Crippen molar-refractivity contribution in [2.24, 2.45) is 0 Å². The van der Waals surface area contributed by atoms with Gasteiger partial charge in [-0.25, -0.2) is 9.97 Å². The van der Waals surface area contributed by atoms with Gasteiger partial charge in [0.05, 0.1) is 18.1 Å². The Labute approximate surface area is 140 Å². The van der Waals surface area contributed by atoms with E-state index in [-0.39, 0.29) is 0 Å². The fraction of sp³-hybridized carbons (Fsp3) is 0.333. The average molecular weight is 323 g/mol. The molecule has 1 aliphatic rings. The van der Waals surface area contributed by atoms with E-state index in [0.717, 1.165) is 54.3 Å². The minimum absolute atomic E-state index is 0.480. The maximum Gasteiger partial charge on any atom is 0.140 e. The Bertz CT molecular complexity index is 838. The van der Waals surface area contributed by atoms with Crippen LogP contribution >= 0.6 is 0 Å². The van der Waals surface area contributed by atoms with Crippen LogP contribution in [-0.2, 0) is 0 Å². The first-order valence-corrected chi connectivity index (χ1v) is 8.29. The number of nitrogens with zero attached hydrogens (tertiary/aromatic N) is 3. The smallest absolute Gasteiger partial charge is 0.140 e. The highest BCUT2D eigenvalue weighted by Crippen LogP contribution is 2.23. The molecule has 1 aromatic carbocycles. The van der Waals surface area contributed by atoms with Crippen LogP contribution in [0, 0.1) is 0 Å². The number of piperidine rings is 1. The minimum Gasteiger partial charge on any atom is -0.497 e. The number of rotatable bonds is 4. The first-order valence-electron chi connectivity index (χ1n) is 8.29. The Kier molecular flexibility index (Phi) is 4.04. The van der Waals surface area contributed by atoms with Gasteiger partial charge in [-0.05, 0) is 50.2 Å². The summed E-state index contributed by atoms with van der Waals surface area (Å²) in [6.07, 6.45) is 4.05. The van der Waals surface area contributed by atoms with E-state index >= 15 is 0 Å². The van der Waals surface area contributed by atoms with E-state index in [2.05, 4.69) is 15.6 Å². The van der Waals surface area contributed by atoms with Crippen LogP contribution in [0.1, 0.15) is 12.8 Å². The Morgan fingerprint density at radius 3 is 2.92 bits per heavy atom. The van der Waals surface area contributed by atoms with Gasteiger partial charge >= 0.3 is 0 Å². The van der Waals surface area contributed by atoms with Crippen LogP contribution in [0.5, 0.6) is 5.75 Å². The first kappa shape index (κ1) is 15.0. The zero-order valence-electron chi connectivity index (χ0n) is 13.7. The third-order valence-electron chi connectivity index (χ3n) is 4.43. The number of ether oxygens (including phenoxy) is 1. The van der Waals surface area contributed by atoms with Crippen LogP contribution in [-0.4, -0.2) is 40.8 Å². The predicted molar refractivity (Wildman–Crippen MR) is 94.9 cm³/mol. The molecule has 0 aliphatic carbocycles. The van der Waals surface area contributed by atoms with Crippen LogP contribution in [0.15, 0.2) is 42.7 Å². The summed E-state index contributed by atoms with van der Waals surface area (Å²) in [6, 6.07) is 12.4. The molecule has 0 atom stereocenters. The third kappa shape index (κ3) is 2.92. The van der Waals surface area contributed by atoms with Crippen molar-refractivity contribution in [2.75, 3.05) is 25.5 Å². The third-order valence-corrected chi connectivity index (χ3v) is 4.43. The lowest BCUT2D eigenvalue weighted by atomic mass is 10.1. The minimum atomic E-state index is 0.480. The number of imidazole rings is 1. The van der Waals surface area contributed by atoms with Gasteiger partial charge in [-0.1, -0.05) is 6.07 Å². The van der Waals surface area contributed by atoms with Gasteiger partial charge in [0.1, 0.15) is 23.7 Å². The second-order valence-corrected chi connectivity index (χ2v) is 6.02.